The van der Waals surface area contributed by atoms with Gasteiger partial charge in [-0.3, -0.25) is 9.89 Å². The van der Waals surface area contributed by atoms with E-state index >= 15 is 0 Å². The van der Waals surface area contributed by atoms with Gasteiger partial charge in [0.2, 0.25) is 0 Å². The largest absolute Gasteiger partial charge is 0.355 e. The van der Waals surface area contributed by atoms with E-state index in [1.807, 2.05) is 7.05 Å². The molecule has 25 heavy (non-hydrogen) atoms. The molecule has 2 N–H and O–H groups in total. The fourth-order valence-electron chi connectivity index (χ4n) is 3.20. The van der Waals surface area contributed by atoms with E-state index < -0.39 is 0 Å². The number of hydrogen-bond acceptors (Lipinski definition) is 4. The maximum atomic E-state index is 4.38. The van der Waals surface area contributed by atoms with Crippen LogP contribution in [0.2, 0.25) is 0 Å². The summed E-state index contributed by atoms with van der Waals surface area (Å²) in [7, 11) is 6.27. The van der Waals surface area contributed by atoms with Crippen LogP contribution in [0, 0.1) is 0 Å². The van der Waals surface area contributed by atoms with E-state index in [0.717, 1.165) is 45.2 Å². The summed E-state index contributed by atoms with van der Waals surface area (Å²) in [5.74, 6) is 0.923. The van der Waals surface area contributed by atoms with Gasteiger partial charge in [-0.25, -0.2) is 0 Å². The maximum Gasteiger partial charge on any atom is 0.191 e. The lowest BCUT2D eigenvalue weighted by Gasteiger charge is -2.38. The number of likely N-dealkylation sites (N-methyl/N-ethyl adjacent to an activating group) is 2. The standard InChI is InChI=1S/C18H40N6.HI/c1-7-24(8-2)11-9-10-16(3)21-18(19-4)20-14-17-15-22(5)12-13-23(17)6;/h16-17H,7-15H2,1-6H3,(H2,19,20,21);1H. The molecule has 0 saturated carbocycles. The Bertz CT molecular complexity index is 361. The predicted molar refractivity (Wildman–Crippen MR) is 120 cm³/mol. The van der Waals surface area contributed by atoms with Gasteiger partial charge >= 0.3 is 0 Å². The Balaban J connectivity index is 0.00000576. The van der Waals surface area contributed by atoms with Crippen molar-refractivity contribution in [1.82, 2.24) is 25.3 Å². The highest BCUT2D eigenvalue weighted by atomic mass is 127. The fourth-order valence-corrected chi connectivity index (χ4v) is 3.20. The van der Waals surface area contributed by atoms with Crippen LogP contribution >= 0.6 is 24.0 Å². The number of rotatable bonds is 9. The monoisotopic (exact) mass is 468 g/mol. The van der Waals surface area contributed by atoms with Gasteiger partial charge in [0.05, 0.1) is 0 Å². The number of guanidine groups is 1. The molecule has 7 heteroatoms. The highest BCUT2D eigenvalue weighted by Gasteiger charge is 2.22. The molecule has 0 aromatic rings. The van der Waals surface area contributed by atoms with Crippen LogP contribution in [0.1, 0.15) is 33.6 Å². The van der Waals surface area contributed by atoms with Crippen molar-refractivity contribution in [3.63, 3.8) is 0 Å². The van der Waals surface area contributed by atoms with Gasteiger partial charge in [0.25, 0.3) is 0 Å². The summed E-state index contributed by atoms with van der Waals surface area (Å²) in [4.78, 5) is 11.7. The first-order valence-electron chi connectivity index (χ1n) is 9.58. The summed E-state index contributed by atoms with van der Waals surface area (Å²) in [5, 5.41) is 7.03. The molecule has 0 aromatic heterocycles. The van der Waals surface area contributed by atoms with Crippen LogP contribution in [0.4, 0.5) is 0 Å². The molecule has 1 rings (SSSR count). The van der Waals surface area contributed by atoms with Crippen LogP contribution in [0.25, 0.3) is 0 Å². The van der Waals surface area contributed by atoms with Gasteiger partial charge in [-0.15, -0.1) is 24.0 Å². The van der Waals surface area contributed by atoms with Gasteiger partial charge in [-0.2, -0.15) is 0 Å². The molecule has 6 nitrogen and oxygen atoms in total. The summed E-state index contributed by atoms with van der Waals surface area (Å²) < 4.78 is 0. The van der Waals surface area contributed by atoms with E-state index in [0.29, 0.717) is 12.1 Å². The van der Waals surface area contributed by atoms with Crippen LogP contribution in [0.15, 0.2) is 4.99 Å². The molecule has 2 unspecified atom stereocenters. The van der Waals surface area contributed by atoms with Crippen LogP contribution in [-0.2, 0) is 0 Å². The molecule has 2 atom stereocenters. The van der Waals surface area contributed by atoms with Crippen molar-refractivity contribution in [3.8, 4) is 0 Å². The van der Waals surface area contributed by atoms with Crippen LogP contribution in [-0.4, -0.2) is 99.7 Å². The normalized spacial score (nSPS) is 21.1. The molecule has 1 heterocycles. The minimum atomic E-state index is 0. The molecule has 1 fully saturated rings. The SMILES string of the molecule is CCN(CC)CCCC(C)NC(=NC)NCC1CN(C)CCN1C.I. The third-order valence-electron chi connectivity index (χ3n) is 5.10. The zero-order valence-electron chi connectivity index (χ0n) is 17.2. The average molecular weight is 468 g/mol. The lowest BCUT2D eigenvalue weighted by molar-refractivity contribution is 0.116. The second-order valence-electron chi connectivity index (χ2n) is 7.06. The smallest absolute Gasteiger partial charge is 0.191 e. The molecular formula is C18H41IN6. The van der Waals surface area contributed by atoms with Crippen LogP contribution in [0.3, 0.4) is 0 Å². The summed E-state index contributed by atoms with van der Waals surface area (Å²) >= 11 is 0. The van der Waals surface area contributed by atoms with Crippen molar-refractivity contribution in [2.45, 2.75) is 45.7 Å². The highest BCUT2D eigenvalue weighted by molar-refractivity contribution is 14.0. The number of nitrogens with one attached hydrogen (secondary N) is 2. The molecule has 0 aliphatic carbocycles. The van der Waals surface area contributed by atoms with Gasteiger partial charge < -0.3 is 20.4 Å². The van der Waals surface area contributed by atoms with Crippen molar-refractivity contribution < 1.29 is 0 Å². The van der Waals surface area contributed by atoms with E-state index in [1.165, 1.54) is 19.4 Å². The maximum absolute atomic E-state index is 4.38. The first kappa shape index (κ1) is 24.9. The Kier molecular flexibility index (Phi) is 13.9. The molecule has 0 bridgehead atoms. The minimum Gasteiger partial charge on any atom is -0.355 e. The summed E-state index contributed by atoms with van der Waals surface area (Å²) in [6.45, 7) is 14.5. The molecule has 0 radical (unpaired) electrons. The summed E-state index contributed by atoms with van der Waals surface area (Å²) in [6.07, 6.45) is 2.40. The quantitative estimate of drug-likeness (QED) is 0.305. The van der Waals surface area contributed by atoms with Crippen LogP contribution < -0.4 is 10.6 Å². The minimum absolute atomic E-state index is 0. The van der Waals surface area contributed by atoms with Crippen molar-refractivity contribution >= 4 is 29.9 Å². The Labute approximate surface area is 172 Å². The fraction of sp³-hybridized carbons (Fsp3) is 0.944. The van der Waals surface area contributed by atoms with Crippen molar-refractivity contribution in [1.29, 1.82) is 0 Å². The lowest BCUT2D eigenvalue weighted by Crippen LogP contribution is -2.55. The van der Waals surface area contributed by atoms with Gasteiger partial charge in [0, 0.05) is 45.3 Å². The van der Waals surface area contributed by atoms with E-state index in [-0.39, 0.29) is 24.0 Å². The van der Waals surface area contributed by atoms with Crippen molar-refractivity contribution in [3.05, 3.63) is 0 Å². The van der Waals surface area contributed by atoms with E-state index in [2.05, 4.69) is 65.2 Å². The molecule has 1 aliphatic heterocycles. The van der Waals surface area contributed by atoms with Crippen molar-refractivity contribution in [2.24, 2.45) is 4.99 Å². The number of piperazine rings is 1. The summed E-state index contributed by atoms with van der Waals surface area (Å²) in [6, 6.07) is 0.985. The third kappa shape index (κ3) is 9.96. The second kappa shape index (κ2) is 14.0. The predicted octanol–water partition coefficient (Wildman–Crippen LogP) is 1.53. The zero-order chi connectivity index (χ0) is 17.9. The molecule has 0 aromatic carbocycles. The van der Waals surface area contributed by atoms with Gasteiger partial charge in [0.1, 0.15) is 0 Å². The Morgan fingerprint density at radius 2 is 1.92 bits per heavy atom. The number of halogens is 1. The van der Waals surface area contributed by atoms with Crippen LogP contribution in [0.5, 0.6) is 0 Å². The Morgan fingerprint density at radius 3 is 2.52 bits per heavy atom. The molecule has 1 saturated heterocycles. The molecular weight excluding hydrogens is 427 g/mol. The van der Waals surface area contributed by atoms with E-state index in [4.69, 9.17) is 0 Å². The highest BCUT2D eigenvalue weighted by Crippen LogP contribution is 2.05. The van der Waals surface area contributed by atoms with Crippen molar-refractivity contribution in [2.75, 3.05) is 67.0 Å². The number of aliphatic imine (C=N–C) groups is 1. The zero-order valence-corrected chi connectivity index (χ0v) is 19.5. The van der Waals surface area contributed by atoms with E-state index in [9.17, 15) is 0 Å². The molecule has 1 aliphatic rings. The van der Waals surface area contributed by atoms with Gasteiger partial charge in [-0.1, -0.05) is 13.8 Å². The Morgan fingerprint density at radius 1 is 1.24 bits per heavy atom. The first-order chi connectivity index (χ1) is 11.5. The third-order valence-corrected chi connectivity index (χ3v) is 5.10. The van der Waals surface area contributed by atoms with Gasteiger partial charge in [-0.05, 0) is 53.5 Å². The summed E-state index contributed by atoms with van der Waals surface area (Å²) in [5.41, 5.74) is 0. The van der Waals surface area contributed by atoms with Gasteiger partial charge in [0.15, 0.2) is 5.96 Å². The topological polar surface area (TPSA) is 46.1 Å². The second-order valence-corrected chi connectivity index (χ2v) is 7.06. The molecule has 0 amide bonds. The number of hydrogen-bond donors (Lipinski definition) is 2. The molecule has 0 spiro atoms. The molecule has 150 valence electrons. The number of nitrogens with zero attached hydrogens (tertiary/aromatic N) is 4. The first-order valence-corrected chi connectivity index (χ1v) is 9.58. The lowest BCUT2D eigenvalue weighted by atomic mass is 10.1. The average Bonchev–Trinajstić information content (AvgIpc) is 2.58. The Hall–Kier alpha value is -0.120. The van der Waals surface area contributed by atoms with E-state index in [1.54, 1.807) is 0 Å².